The van der Waals surface area contributed by atoms with E-state index in [0.717, 1.165) is 6.26 Å². The number of rotatable bonds is 6. The fourth-order valence-corrected chi connectivity index (χ4v) is 2.53. The van der Waals surface area contributed by atoms with Gasteiger partial charge in [0.25, 0.3) is 0 Å². The molecule has 134 valence electrons. The van der Waals surface area contributed by atoms with E-state index in [2.05, 4.69) is 5.32 Å². The highest BCUT2D eigenvalue weighted by Crippen LogP contribution is 2.09. The second-order valence-electron chi connectivity index (χ2n) is 6.33. The summed E-state index contributed by atoms with van der Waals surface area (Å²) in [6.07, 6.45) is 0.566. The third-order valence-electron chi connectivity index (χ3n) is 2.62. The van der Waals surface area contributed by atoms with Gasteiger partial charge >= 0.3 is 12.1 Å². The number of carbonyl (C=O) groups is 2. The predicted molar refractivity (Wildman–Crippen MR) is 89.5 cm³/mol. The molecule has 8 heteroatoms. The average molecular weight is 357 g/mol. The molecule has 0 unspecified atom stereocenters. The molecular formula is C16H23NO6S. The van der Waals surface area contributed by atoms with Gasteiger partial charge in [-0.3, -0.25) is 0 Å². The van der Waals surface area contributed by atoms with Crippen LogP contribution >= 0.6 is 0 Å². The molecule has 0 bridgehead atoms. The van der Waals surface area contributed by atoms with Gasteiger partial charge in [0, 0.05) is 6.26 Å². The van der Waals surface area contributed by atoms with Crippen molar-refractivity contribution in [3.05, 3.63) is 35.4 Å². The fourth-order valence-electron chi connectivity index (χ4n) is 1.73. The molecule has 0 atom stereocenters. The number of sulfone groups is 1. The molecule has 0 heterocycles. The highest BCUT2D eigenvalue weighted by atomic mass is 32.2. The molecule has 1 rings (SSSR count). The Labute approximate surface area is 142 Å². The van der Waals surface area contributed by atoms with Gasteiger partial charge in [-0.1, -0.05) is 12.1 Å². The van der Waals surface area contributed by atoms with Crippen LogP contribution in [0.5, 0.6) is 0 Å². The minimum Gasteiger partial charge on any atom is -0.460 e. The van der Waals surface area contributed by atoms with Gasteiger partial charge < -0.3 is 14.8 Å². The van der Waals surface area contributed by atoms with Gasteiger partial charge in [0.05, 0.1) is 17.9 Å². The van der Waals surface area contributed by atoms with Crippen LogP contribution in [0.15, 0.2) is 24.3 Å². The van der Waals surface area contributed by atoms with Crippen LogP contribution in [0.25, 0.3) is 0 Å². The first-order valence-electron chi connectivity index (χ1n) is 7.37. The summed E-state index contributed by atoms with van der Waals surface area (Å²) in [7, 11) is -3.12. The Morgan fingerprint density at radius 3 is 2.21 bits per heavy atom. The molecular weight excluding hydrogens is 334 g/mol. The highest BCUT2D eigenvalue weighted by molar-refractivity contribution is 7.89. The third kappa shape index (κ3) is 8.52. The number of nitrogens with one attached hydrogen (secondary N) is 1. The Kier molecular flexibility index (Phi) is 6.77. The minimum absolute atomic E-state index is 0.00314. The molecule has 0 aliphatic heterocycles. The number of benzene rings is 1. The number of hydrogen-bond acceptors (Lipinski definition) is 6. The van der Waals surface area contributed by atoms with Crippen molar-refractivity contribution in [1.82, 2.24) is 5.32 Å². The predicted octanol–water partition coefficient (Wildman–Crippen LogP) is 1.91. The zero-order chi connectivity index (χ0) is 18.4. The van der Waals surface area contributed by atoms with Gasteiger partial charge in [0.1, 0.15) is 12.2 Å². The van der Waals surface area contributed by atoms with Crippen molar-refractivity contribution in [3.8, 4) is 0 Å². The van der Waals surface area contributed by atoms with Crippen molar-refractivity contribution in [2.45, 2.75) is 32.1 Å². The van der Waals surface area contributed by atoms with Crippen LogP contribution in [0.4, 0.5) is 4.79 Å². The number of amides is 1. The van der Waals surface area contributed by atoms with Crippen molar-refractivity contribution < 1.29 is 27.5 Å². The average Bonchev–Trinajstić information content (AvgIpc) is 2.40. The van der Waals surface area contributed by atoms with E-state index in [1.165, 1.54) is 12.1 Å². The van der Waals surface area contributed by atoms with Crippen LogP contribution < -0.4 is 5.32 Å². The summed E-state index contributed by atoms with van der Waals surface area (Å²) in [6, 6.07) is 6.14. The molecule has 0 fully saturated rings. The molecule has 1 amide bonds. The van der Waals surface area contributed by atoms with Crippen LogP contribution in [0, 0.1) is 0 Å². The Bertz CT molecular complexity index is 674. The summed E-state index contributed by atoms with van der Waals surface area (Å²) in [4.78, 5) is 23.2. The first kappa shape index (κ1) is 20.0. The van der Waals surface area contributed by atoms with Crippen molar-refractivity contribution in [1.29, 1.82) is 0 Å². The van der Waals surface area contributed by atoms with E-state index in [-0.39, 0.29) is 18.9 Å². The standard InChI is InChI=1S/C16H23NO6S/c1-16(2,3)23-15(19)17-9-10-22-14(18)13-7-5-12(6-8-13)11-24(4,20)21/h5-8H,9-11H2,1-4H3,(H,17,19). The summed E-state index contributed by atoms with van der Waals surface area (Å²) in [5.41, 5.74) is 0.319. The Balaban J connectivity index is 2.39. The number of alkyl carbamates (subject to hydrolysis) is 1. The lowest BCUT2D eigenvalue weighted by molar-refractivity contribution is 0.0433. The van der Waals surface area contributed by atoms with E-state index in [0.29, 0.717) is 11.1 Å². The van der Waals surface area contributed by atoms with Gasteiger partial charge in [0.15, 0.2) is 9.84 Å². The van der Waals surface area contributed by atoms with E-state index in [9.17, 15) is 18.0 Å². The Hall–Kier alpha value is -2.09. The van der Waals surface area contributed by atoms with Crippen molar-refractivity contribution in [2.75, 3.05) is 19.4 Å². The van der Waals surface area contributed by atoms with Gasteiger partial charge in [-0.05, 0) is 38.5 Å². The SMILES string of the molecule is CC(C)(C)OC(=O)NCCOC(=O)c1ccc(CS(C)(=O)=O)cc1. The monoisotopic (exact) mass is 357 g/mol. The largest absolute Gasteiger partial charge is 0.460 e. The maximum Gasteiger partial charge on any atom is 0.407 e. The number of ether oxygens (including phenoxy) is 2. The van der Waals surface area contributed by atoms with E-state index in [1.54, 1.807) is 32.9 Å². The molecule has 0 radical (unpaired) electrons. The molecule has 7 nitrogen and oxygen atoms in total. The van der Waals surface area contributed by atoms with E-state index in [4.69, 9.17) is 9.47 Å². The summed E-state index contributed by atoms with van der Waals surface area (Å²) in [6.45, 7) is 5.39. The zero-order valence-corrected chi connectivity index (χ0v) is 15.1. The topological polar surface area (TPSA) is 98.8 Å². The Morgan fingerprint density at radius 1 is 1.12 bits per heavy atom. The molecule has 1 N–H and O–H groups in total. The van der Waals surface area contributed by atoms with Crippen LogP contribution in [-0.2, 0) is 25.1 Å². The fraction of sp³-hybridized carbons (Fsp3) is 0.500. The van der Waals surface area contributed by atoms with Gasteiger partial charge in [-0.25, -0.2) is 18.0 Å². The number of carbonyl (C=O) groups excluding carboxylic acids is 2. The summed E-state index contributed by atoms with van der Waals surface area (Å²) in [5, 5.41) is 2.48. The maximum atomic E-state index is 11.8. The van der Waals surface area contributed by atoms with E-state index in [1.807, 2.05) is 0 Å². The molecule has 0 aromatic heterocycles. The lowest BCUT2D eigenvalue weighted by Gasteiger charge is -2.19. The molecule has 0 aliphatic carbocycles. The molecule has 1 aromatic carbocycles. The maximum absolute atomic E-state index is 11.8. The summed E-state index contributed by atoms with van der Waals surface area (Å²) in [5.74, 6) is -0.630. The summed E-state index contributed by atoms with van der Waals surface area (Å²) < 4.78 is 32.5. The molecule has 0 aliphatic rings. The normalized spacial score (nSPS) is 11.7. The van der Waals surface area contributed by atoms with E-state index >= 15 is 0 Å². The van der Waals surface area contributed by atoms with Gasteiger partial charge in [-0.15, -0.1) is 0 Å². The summed E-state index contributed by atoms with van der Waals surface area (Å²) >= 11 is 0. The first-order chi connectivity index (χ1) is 11.0. The van der Waals surface area contributed by atoms with Crippen molar-refractivity contribution in [3.63, 3.8) is 0 Å². The molecule has 1 aromatic rings. The minimum atomic E-state index is -3.12. The molecule has 24 heavy (non-hydrogen) atoms. The van der Waals surface area contributed by atoms with Crippen LogP contribution in [-0.4, -0.2) is 45.5 Å². The van der Waals surface area contributed by atoms with Gasteiger partial charge in [-0.2, -0.15) is 0 Å². The Morgan fingerprint density at radius 2 is 1.71 bits per heavy atom. The smallest absolute Gasteiger partial charge is 0.407 e. The van der Waals surface area contributed by atoms with Crippen LogP contribution in [0.2, 0.25) is 0 Å². The molecule has 0 saturated carbocycles. The van der Waals surface area contributed by atoms with Crippen molar-refractivity contribution >= 4 is 21.9 Å². The van der Waals surface area contributed by atoms with Crippen LogP contribution in [0.3, 0.4) is 0 Å². The number of hydrogen-bond donors (Lipinski definition) is 1. The molecule has 0 saturated heterocycles. The zero-order valence-electron chi connectivity index (χ0n) is 14.3. The second-order valence-corrected chi connectivity index (χ2v) is 8.47. The molecule has 0 spiro atoms. The second kappa shape index (κ2) is 8.14. The van der Waals surface area contributed by atoms with E-state index < -0.39 is 27.5 Å². The highest BCUT2D eigenvalue weighted by Gasteiger charge is 2.15. The number of esters is 1. The van der Waals surface area contributed by atoms with Gasteiger partial charge in [0.2, 0.25) is 0 Å². The first-order valence-corrected chi connectivity index (χ1v) is 9.43. The van der Waals surface area contributed by atoms with Crippen molar-refractivity contribution in [2.24, 2.45) is 0 Å². The quantitative estimate of drug-likeness (QED) is 0.617. The third-order valence-corrected chi connectivity index (χ3v) is 3.48. The lowest BCUT2D eigenvalue weighted by atomic mass is 10.1. The lowest BCUT2D eigenvalue weighted by Crippen LogP contribution is -2.34. The van der Waals surface area contributed by atoms with Crippen LogP contribution in [0.1, 0.15) is 36.7 Å².